The number of carbonyl (C=O) groups is 1. The van der Waals surface area contributed by atoms with Crippen molar-refractivity contribution in [2.24, 2.45) is 41.4 Å². The summed E-state index contributed by atoms with van der Waals surface area (Å²) in [5.74, 6) is 5.85. The van der Waals surface area contributed by atoms with Gasteiger partial charge < -0.3 is 0 Å². The highest BCUT2D eigenvalue weighted by Gasteiger charge is 2.78. The van der Waals surface area contributed by atoms with Crippen molar-refractivity contribution in [2.45, 2.75) is 12.8 Å². The molecule has 6 bridgehead atoms. The topological polar surface area (TPSA) is 17.1 Å². The molecular formula is C10H11ClO. The quantitative estimate of drug-likeness (QED) is 0.567. The predicted octanol–water partition coefficient (Wildman–Crippen LogP) is 1.90. The average molecular weight is 183 g/mol. The highest BCUT2D eigenvalue weighted by atomic mass is 35.5. The molecule has 7 atom stereocenters. The van der Waals surface area contributed by atoms with Crippen LogP contribution in [0.15, 0.2) is 0 Å². The normalized spacial score (nSPS) is 68.9. The molecule has 0 amide bonds. The van der Waals surface area contributed by atoms with E-state index in [-0.39, 0.29) is 11.2 Å². The molecule has 64 valence electrons. The van der Waals surface area contributed by atoms with Gasteiger partial charge in [-0.2, -0.15) is 0 Å². The van der Waals surface area contributed by atoms with E-state index in [9.17, 15) is 4.79 Å². The molecule has 1 nitrogen and oxygen atoms in total. The second-order valence-corrected chi connectivity index (χ2v) is 5.48. The molecule has 0 radical (unpaired) electrons. The average Bonchev–Trinajstić information content (AvgIpc) is 2.45. The van der Waals surface area contributed by atoms with Crippen LogP contribution in [0.1, 0.15) is 12.8 Å². The molecule has 0 aromatic rings. The maximum absolute atomic E-state index is 11.1. The molecule has 0 N–H and O–H groups in total. The fourth-order valence-corrected chi connectivity index (χ4v) is 5.22. The summed E-state index contributed by atoms with van der Waals surface area (Å²) < 4.78 is 0. The Morgan fingerprint density at radius 3 is 2.25 bits per heavy atom. The van der Waals surface area contributed by atoms with Crippen LogP contribution in [0.25, 0.3) is 0 Å². The Labute approximate surface area is 76.5 Å². The first kappa shape index (κ1) is 6.42. The highest BCUT2D eigenvalue weighted by Crippen LogP contribution is 2.82. The van der Waals surface area contributed by atoms with Gasteiger partial charge in [-0.25, -0.2) is 0 Å². The van der Waals surface area contributed by atoms with Crippen LogP contribution in [0.2, 0.25) is 0 Å². The molecule has 7 unspecified atom stereocenters. The fourth-order valence-electron chi connectivity index (χ4n) is 4.98. The lowest BCUT2D eigenvalue weighted by Crippen LogP contribution is -2.19. The van der Waals surface area contributed by atoms with Crippen molar-refractivity contribution in [3.63, 3.8) is 0 Å². The number of rotatable bonds is 1. The zero-order chi connectivity index (χ0) is 8.03. The van der Waals surface area contributed by atoms with E-state index < -0.39 is 0 Å². The van der Waals surface area contributed by atoms with Crippen LogP contribution in [-0.4, -0.2) is 5.24 Å². The first-order chi connectivity index (χ1) is 5.79. The maximum Gasteiger partial charge on any atom is 0.225 e. The van der Waals surface area contributed by atoms with Crippen LogP contribution >= 0.6 is 11.6 Å². The molecule has 5 fully saturated rings. The Morgan fingerprint density at radius 2 is 1.75 bits per heavy atom. The third kappa shape index (κ3) is 0.454. The van der Waals surface area contributed by atoms with Gasteiger partial charge in [0, 0.05) is 5.92 Å². The smallest absolute Gasteiger partial charge is 0.225 e. The van der Waals surface area contributed by atoms with Gasteiger partial charge in [-0.15, -0.1) is 0 Å². The van der Waals surface area contributed by atoms with E-state index in [1.54, 1.807) is 0 Å². The van der Waals surface area contributed by atoms with Crippen molar-refractivity contribution in [1.29, 1.82) is 0 Å². The van der Waals surface area contributed by atoms with Crippen LogP contribution < -0.4 is 0 Å². The van der Waals surface area contributed by atoms with Gasteiger partial charge in [-0.1, -0.05) is 0 Å². The first-order valence-electron chi connectivity index (χ1n) is 4.98. The fraction of sp³-hybridized carbons (Fsp3) is 0.900. The lowest BCUT2D eigenvalue weighted by atomic mass is 9.89. The van der Waals surface area contributed by atoms with Crippen LogP contribution in [0.5, 0.6) is 0 Å². The molecule has 2 heteroatoms. The van der Waals surface area contributed by atoms with Gasteiger partial charge in [0.15, 0.2) is 0 Å². The standard InChI is InChI=1S/C10H11ClO/c11-10(12)6-2-4-3-1-5-7(4)9(5)8(3)6/h3-9H,1-2H2. The Kier molecular flexibility index (Phi) is 0.863. The Bertz CT molecular complexity index is 288. The van der Waals surface area contributed by atoms with Crippen molar-refractivity contribution in [1.82, 2.24) is 0 Å². The lowest BCUT2D eigenvalue weighted by molar-refractivity contribution is -0.116. The SMILES string of the molecule is O=C(Cl)C1CC2C3CC4C2C4C13. The second-order valence-electron chi connectivity index (χ2n) is 5.11. The molecule has 12 heavy (non-hydrogen) atoms. The largest absolute Gasteiger partial charge is 0.281 e. The van der Waals surface area contributed by atoms with Crippen LogP contribution in [0, 0.1) is 41.4 Å². The van der Waals surface area contributed by atoms with Gasteiger partial charge in [-0.3, -0.25) is 4.79 Å². The second kappa shape index (κ2) is 1.61. The van der Waals surface area contributed by atoms with Crippen molar-refractivity contribution >= 4 is 16.8 Å². The molecule has 5 rings (SSSR count). The van der Waals surface area contributed by atoms with E-state index >= 15 is 0 Å². The molecule has 5 aliphatic carbocycles. The van der Waals surface area contributed by atoms with Gasteiger partial charge in [-0.05, 0) is 60.0 Å². The van der Waals surface area contributed by atoms with Gasteiger partial charge in [0.05, 0.1) is 0 Å². The summed E-state index contributed by atoms with van der Waals surface area (Å²) in [5.41, 5.74) is 0. The molecule has 0 aromatic heterocycles. The number of hydrogen-bond acceptors (Lipinski definition) is 1. The van der Waals surface area contributed by atoms with Crippen LogP contribution in [0.4, 0.5) is 0 Å². The van der Waals surface area contributed by atoms with E-state index in [0.717, 1.165) is 41.9 Å². The number of carbonyl (C=O) groups excluding carboxylic acids is 1. The molecular weight excluding hydrogens is 172 g/mol. The Balaban J connectivity index is 1.79. The number of halogens is 1. The molecule has 0 saturated heterocycles. The van der Waals surface area contributed by atoms with Gasteiger partial charge in [0.25, 0.3) is 0 Å². The summed E-state index contributed by atoms with van der Waals surface area (Å²) in [6.07, 6.45) is 2.57. The summed E-state index contributed by atoms with van der Waals surface area (Å²) in [4.78, 5) is 11.1. The van der Waals surface area contributed by atoms with Crippen molar-refractivity contribution in [2.75, 3.05) is 0 Å². The number of hydrogen-bond donors (Lipinski definition) is 0. The minimum atomic E-state index is -0.0431. The molecule has 0 aliphatic heterocycles. The zero-order valence-corrected chi connectivity index (χ0v) is 7.50. The van der Waals surface area contributed by atoms with Gasteiger partial charge >= 0.3 is 0 Å². The van der Waals surface area contributed by atoms with Crippen LogP contribution in [-0.2, 0) is 4.79 Å². The van der Waals surface area contributed by atoms with E-state index in [1.165, 1.54) is 6.42 Å². The van der Waals surface area contributed by atoms with E-state index in [2.05, 4.69) is 0 Å². The van der Waals surface area contributed by atoms with Crippen molar-refractivity contribution < 1.29 is 4.79 Å². The van der Waals surface area contributed by atoms with E-state index in [1.807, 2.05) is 0 Å². The van der Waals surface area contributed by atoms with E-state index in [4.69, 9.17) is 11.6 Å². The summed E-state index contributed by atoms with van der Waals surface area (Å²) in [5, 5.41) is -0.0431. The Morgan fingerprint density at radius 1 is 1.00 bits per heavy atom. The zero-order valence-electron chi connectivity index (χ0n) is 6.74. The molecule has 5 saturated carbocycles. The van der Waals surface area contributed by atoms with E-state index in [0.29, 0.717) is 0 Å². The summed E-state index contributed by atoms with van der Waals surface area (Å²) >= 11 is 5.61. The molecule has 0 spiro atoms. The minimum Gasteiger partial charge on any atom is -0.281 e. The monoisotopic (exact) mass is 182 g/mol. The van der Waals surface area contributed by atoms with Gasteiger partial charge in [0.1, 0.15) is 0 Å². The third-order valence-corrected chi connectivity index (χ3v) is 5.38. The molecule has 0 aromatic carbocycles. The predicted molar refractivity (Wildman–Crippen MR) is 44.5 cm³/mol. The summed E-state index contributed by atoms with van der Waals surface area (Å²) in [7, 11) is 0. The summed E-state index contributed by atoms with van der Waals surface area (Å²) in [6, 6.07) is 0. The molecule has 5 aliphatic rings. The van der Waals surface area contributed by atoms with Crippen molar-refractivity contribution in [3.05, 3.63) is 0 Å². The highest BCUT2D eigenvalue weighted by molar-refractivity contribution is 6.64. The maximum atomic E-state index is 11.1. The minimum absolute atomic E-state index is 0.0431. The molecule has 0 heterocycles. The third-order valence-electron chi connectivity index (χ3n) is 5.10. The summed E-state index contributed by atoms with van der Waals surface area (Å²) in [6.45, 7) is 0. The van der Waals surface area contributed by atoms with Gasteiger partial charge in [0.2, 0.25) is 5.24 Å². The van der Waals surface area contributed by atoms with Crippen LogP contribution in [0.3, 0.4) is 0 Å². The first-order valence-corrected chi connectivity index (χ1v) is 5.36. The lowest BCUT2D eigenvalue weighted by Gasteiger charge is -2.16. The van der Waals surface area contributed by atoms with Crippen molar-refractivity contribution in [3.8, 4) is 0 Å². The Hall–Kier alpha value is -0.0400.